The Hall–Kier alpha value is -1.65. The molecule has 2 heterocycles. The quantitative estimate of drug-likeness (QED) is 0.883. The number of aryl methyl sites for hydroxylation is 1. The van der Waals surface area contributed by atoms with Crippen molar-refractivity contribution < 1.29 is 9.53 Å². The average Bonchev–Trinajstić information content (AvgIpc) is 2.73. The second-order valence-electron chi connectivity index (χ2n) is 6.05. The van der Waals surface area contributed by atoms with Gasteiger partial charge in [0.25, 0.3) is 0 Å². The van der Waals surface area contributed by atoms with Gasteiger partial charge in [0.05, 0.1) is 18.8 Å². The van der Waals surface area contributed by atoms with Crippen LogP contribution in [0.5, 0.6) is 0 Å². The Labute approximate surface area is 125 Å². The number of hydrogen-bond acceptors (Lipinski definition) is 3. The fourth-order valence-corrected chi connectivity index (χ4v) is 3.33. The molecule has 4 nitrogen and oxygen atoms in total. The van der Waals surface area contributed by atoms with Crippen molar-refractivity contribution in [3.63, 3.8) is 0 Å². The maximum atomic E-state index is 12.7. The maximum Gasteiger partial charge on any atom is 0.179 e. The summed E-state index contributed by atoms with van der Waals surface area (Å²) in [4.78, 5) is 18.2. The van der Waals surface area contributed by atoms with E-state index in [0.717, 1.165) is 35.2 Å². The van der Waals surface area contributed by atoms with Crippen molar-refractivity contribution in [2.24, 2.45) is 0 Å². The van der Waals surface area contributed by atoms with Gasteiger partial charge in [0.2, 0.25) is 0 Å². The largest absolute Gasteiger partial charge is 0.373 e. The topological polar surface area (TPSA) is 45.3 Å². The van der Waals surface area contributed by atoms with Crippen LogP contribution >= 0.6 is 0 Å². The van der Waals surface area contributed by atoms with Gasteiger partial charge in [-0.15, -0.1) is 0 Å². The summed E-state index contributed by atoms with van der Waals surface area (Å²) in [5, 5.41) is 1.02. The zero-order valence-electron chi connectivity index (χ0n) is 12.8. The molecule has 1 aromatic carbocycles. The van der Waals surface area contributed by atoms with E-state index in [1.165, 1.54) is 0 Å². The van der Waals surface area contributed by atoms with Gasteiger partial charge in [-0.05, 0) is 26.8 Å². The number of aromatic nitrogens is 1. The SMILES string of the molecule is Cc1[nH]c2ccccc2c1C(=O)CN1C[C@@H](C)O[C@@H](C)C1. The first-order valence-electron chi connectivity index (χ1n) is 7.53. The molecule has 1 aliphatic heterocycles. The van der Waals surface area contributed by atoms with Crippen molar-refractivity contribution in [1.82, 2.24) is 9.88 Å². The van der Waals surface area contributed by atoms with Gasteiger partial charge in [-0.1, -0.05) is 18.2 Å². The molecule has 2 atom stereocenters. The summed E-state index contributed by atoms with van der Waals surface area (Å²) in [5.74, 6) is 0.186. The van der Waals surface area contributed by atoms with Crippen LogP contribution in [-0.2, 0) is 4.74 Å². The molecule has 3 rings (SSSR count). The molecule has 1 aromatic heterocycles. The van der Waals surface area contributed by atoms with Crippen LogP contribution in [0, 0.1) is 6.92 Å². The molecular weight excluding hydrogens is 264 g/mol. The molecule has 0 aliphatic carbocycles. The second-order valence-corrected chi connectivity index (χ2v) is 6.05. The Balaban J connectivity index is 1.82. The van der Waals surface area contributed by atoms with Crippen molar-refractivity contribution >= 4 is 16.7 Å². The number of aromatic amines is 1. The predicted molar refractivity (Wildman–Crippen MR) is 83.8 cm³/mol. The summed E-state index contributed by atoms with van der Waals surface area (Å²) in [5.41, 5.74) is 2.81. The fraction of sp³-hybridized carbons (Fsp3) is 0.471. The lowest BCUT2D eigenvalue weighted by Crippen LogP contribution is -2.47. The summed E-state index contributed by atoms with van der Waals surface area (Å²) in [6.07, 6.45) is 0.372. The maximum absolute atomic E-state index is 12.7. The van der Waals surface area contributed by atoms with E-state index < -0.39 is 0 Å². The molecule has 1 aliphatic rings. The van der Waals surface area contributed by atoms with E-state index in [1.54, 1.807) is 0 Å². The van der Waals surface area contributed by atoms with E-state index >= 15 is 0 Å². The standard InChI is InChI=1S/C17H22N2O2/c1-11-8-19(9-12(2)21-11)10-16(20)17-13(3)18-15-7-5-4-6-14(15)17/h4-7,11-12,18H,8-10H2,1-3H3/t11-,12+. The number of morpholine rings is 1. The third kappa shape index (κ3) is 2.87. The lowest BCUT2D eigenvalue weighted by molar-refractivity contribution is -0.0652. The monoisotopic (exact) mass is 286 g/mol. The van der Waals surface area contributed by atoms with Crippen LogP contribution in [0.15, 0.2) is 24.3 Å². The zero-order valence-corrected chi connectivity index (χ0v) is 12.8. The number of benzene rings is 1. The number of nitrogens with one attached hydrogen (secondary N) is 1. The minimum Gasteiger partial charge on any atom is -0.373 e. The van der Waals surface area contributed by atoms with Gasteiger partial charge in [0.1, 0.15) is 0 Å². The molecule has 0 saturated carbocycles. The van der Waals surface area contributed by atoms with E-state index in [4.69, 9.17) is 4.74 Å². The number of para-hydroxylation sites is 1. The number of carbonyl (C=O) groups excluding carboxylic acids is 1. The van der Waals surface area contributed by atoms with E-state index in [9.17, 15) is 4.79 Å². The molecule has 4 heteroatoms. The Morgan fingerprint density at radius 2 is 1.95 bits per heavy atom. The molecular formula is C17H22N2O2. The third-order valence-corrected chi connectivity index (χ3v) is 4.03. The molecule has 1 saturated heterocycles. The molecule has 0 radical (unpaired) electrons. The number of hydrogen-bond donors (Lipinski definition) is 1. The van der Waals surface area contributed by atoms with Gasteiger partial charge >= 0.3 is 0 Å². The van der Waals surface area contributed by atoms with Gasteiger partial charge in [0.15, 0.2) is 5.78 Å². The van der Waals surface area contributed by atoms with Crippen LogP contribution < -0.4 is 0 Å². The van der Waals surface area contributed by atoms with Gasteiger partial charge in [-0.2, -0.15) is 0 Å². The first kappa shape index (κ1) is 14.3. The van der Waals surface area contributed by atoms with Crippen molar-refractivity contribution in [1.29, 1.82) is 0 Å². The number of fused-ring (bicyclic) bond motifs is 1. The van der Waals surface area contributed by atoms with Gasteiger partial charge in [0, 0.05) is 35.2 Å². The lowest BCUT2D eigenvalue weighted by atomic mass is 10.1. The number of carbonyl (C=O) groups is 1. The number of H-pyrrole nitrogens is 1. The first-order valence-corrected chi connectivity index (χ1v) is 7.53. The van der Waals surface area contributed by atoms with Crippen molar-refractivity contribution in [2.45, 2.75) is 33.0 Å². The lowest BCUT2D eigenvalue weighted by Gasteiger charge is -2.34. The Morgan fingerprint density at radius 3 is 2.67 bits per heavy atom. The van der Waals surface area contributed by atoms with Crippen LogP contribution in [0.2, 0.25) is 0 Å². The molecule has 112 valence electrons. The number of ketones is 1. The van der Waals surface area contributed by atoms with Gasteiger partial charge in [-0.3, -0.25) is 9.69 Å². The van der Waals surface area contributed by atoms with Gasteiger partial charge in [-0.25, -0.2) is 0 Å². The van der Waals surface area contributed by atoms with Crippen molar-refractivity contribution in [2.75, 3.05) is 19.6 Å². The smallest absolute Gasteiger partial charge is 0.179 e. The summed E-state index contributed by atoms with van der Waals surface area (Å²) in [6.45, 7) is 8.18. The molecule has 0 bridgehead atoms. The van der Waals surface area contributed by atoms with E-state index in [1.807, 2.05) is 31.2 Å². The summed E-state index contributed by atoms with van der Waals surface area (Å²) in [6, 6.07) is 7.98. The van der Waals surface area contributed by atoms with Crippen LogP contribution in [0.4, 0.5) is 0 Å². The summed E-state index contributed by atoms with van der Waals surface area (Å²) < 4.78 is 5.72. The highest BCUT2D eigenvalue weighted by Crippen LogP contribution is 2.23. The Kier molecular flexibility index (Phi) is 3.83. The molecule has 21 heavy (non-hydrogen) atoms. The summed E-state index contributed by atoms with van der Waals surface area (Å²) in [7, 11) is 0. The highest BCUT2D eigenvalue weighted by Gasteiger charge is 2.25. The first-order chi connectivity index (χ1) is 10.0. The summed E-state index contributed by atoms with van der Waals surface area (Å²) >= 11 is 0. The molecule has 2 aromatic rings. The van der Waals surface area contributed by atoms with Crippen LogP contribution in [-0.4, -0.2) is 47.5 Å². The highest BCUT2D eigenvalue weighted by molar-refractivity contribution is 6.10. The molecule has 1 fully saturated rings. The zero-order chi connectivity index (χ0) is 15.0. The van der Waals surface area contributed by atoms with Crippen molar-refractivity contribution in [3.05, 3.63) is 35.5 Å². The fourth-order valence-electron chi connectivity index (χ4n) is 3.33. The minimum atomic E-state index is 0.186. The van der Waals surface area contributed by atoms with Gasteiger partial charge < -0.3 is 9.72 Å². The number of ether oxygens (including phenoxy) is 1. The normalized spacial score (nSPS) is 23.6. The van der Waals surface area contributed by atoms with Crippen molar-refractivity contribution in [3.8, 4) is 0 Å². The third-order valence-electron chi connectivity index (χ3n) is 4.03. The molecule has 0 amide bonds. The van der Waals surface area contributed by atoms with E-state index in [-0.39, 0.29) is 18.0 Å². The predicted octanol–water partition coefficient (Wildman–Crippen LogP) is 2.77. The molecule has 0 unspecified atom stereocenters. The molecule has 0 spiro atoms. The van der Waals surface area contributed by atoms with Crippen LogP contribution in [0.3, 0.4) is 0 Å². The highest BCUT2D eigenvalue weighted by atomic mass is 16.5. The average molecular weight is 286 g/mol. The number of rotatable bonds is 3. The van der Waals surface area contributed by atoms with E-state index in [2.05, 4.69) is 23.7 Å². The van der Waals surface area contributed by atoms with Crippen LogP contribution in [0.25, 0.3) is 10.9 Å². The Bertz CT molecular complexity index is 652. The minimum absolute atomic E-state index is 0.186. The molecule has 1 N–H and O–H groups in total. The van der Waals surface area contributed by atoms with Crippen LogP contribution in [0.1, 0.15) is 29.9 Å². The Morgan fingerprint density at radius 1 is 1.29 bits per heavy atom. The number of Topliss-reactive ketones (excluding diaryl/α,β-unsaturated/α-hetero) is 1. The second kappa shape index (κ2) is 5.62. The number of nitrogens with zero attached hydrogens (tertiary/aromatic N) is 1. The van der Waals surface area contributed by atoms with E-state index in [0.29, 0.717) is 6.54 Å².